The Morgan fingerprint density at radius 3 is 1.39 bits per heavy atom. The maximum absolute atomic E-state index is 10.4. The van der Waals surface area contributed by atoms with Gasteiger partial charge in [0.2, 0.25) is 0 Å². The van der Waals surface area contributed by atoms with E-state index in [2.05, 4.69) is 30.3 Å². The van der Waals surface area contributed by atoms with Crippen LogP contribution in [0, 0.1) is 11.3 Å². The molecule has 0 saturated heterocycles. The van der Waals surface area contributed by atoms with Crippen LogP contribution in [0.25, 0.3) is 0 Å². The van der Waals surface area contributed by atoms with Gasteiger partial charge in [0, 0.05) is 0 Å². The maximum atomic E-state index is 10.4. The van der Waals surface area contributed by atoms with Crippen molar-refractivity contribution in [2.24, 2.45) is 0 Å². The van der Waals surface area contributed by atoms with E-state index in [4.69, 9.17) is 4.74 Å². The Kier molecular flexibility index (Phi) is 6.57. The van der Waals surface area contributed by atoms with Gasteiger partial charge >= 0.3 is 0 Å². The van der Waals surface area contributed by atoms with Gasteiger partial charge in [-0.15, -0.1) is 0 Å². The molecule has 4 rings (SSSR count). The van der Waals surface area contributed by atoms with E-state index in [1.807, 2.05) is 97.1 Å². The van der Waals surface area contributed by atoms with Gasteiger partial charge in [-0.05, 0) is 28.7 Å². The molecule has 0 fully saturated rings. The Bertz CT molecular complexity index is 1020. The van der Waals surface area contributed by atoms with E-state index in [0.717, 1.165) is 22.3 Å². The van der Waals surface area contributed by atoms with Crippen LogP contribution in [0.4, 0.5) is 0 Å². The van der Waals surface area contributed by atoms with Crippen molar-refractivity contribution >= 4 is 0 Å². The fourth-order valence-electron chi connectivity index (χ4n) is 4.06. The van der Waals surface area contributed by atoms with Gasteiger partial charge in [0.05, 0.1) is 12.7 Å². The zero-order valence-electron chi connectivity index (χ0n) is 17.4. The van der Waals surface area contributed by atoms with E-state index < -0.39 is 5.41 Å². The van der Waals surface area contributed by atoms with Crippen molar-refractivity contribution in [3.8, 4) is 6.07 Å². The third kappa shape index (κ3) is 4.58. The van der Waals surface area contributed by atoms with Crippen molar-refractivity contribution in [2.75, 3.05) is 6.61 Å². The predicted octanol–water partition coefficient (Wildman–Crippen LogP) is 6.69. The first-order chi connectivity index (χ1) is 15.3. The Hall–Kier alpha value is -3.67. The van der Waals surface area contributed by atoms with Crippen LogP contribution in [0.2, 0.25) is 0 Å². The molecule has 0 unspecified atom stereocenters. The van der Waals surface area contributed by atoms with Crippen LogP contribution in [0.1, 0.15) is 34.8 Å². The molecule has 2 heteroatoms. The van der Waals surface area contributed by atoms with Crippen molar-refractivity contribution < 1.29 is 4.74 Å². The highest BCUT2D eigenvalue weighted by Crippen LogP contribution is 2.36. The summed E-state index contributed by atoms with van der Waals surface area (Å²) in [5.41, 5.74) is 3.43. The van der Waals surface area contributed by atoms with E-state index >= 15 is 0 Å². The molecule has 31 heavy (non-hydrogen) atoms. The number of hydrogen-bond donors (Lipinski definition) is 0. The zero-order valence-corrected chi connectivity index (χ0v) is 17.4. The van der Waals surface area contributed by atoms with Crippen molar-refractivity contribution in [3.63, 3.8) is 0 Å². The molecule has 4 aromatic carbocycles. The standard InChI is InChI=1S/C29H25NO/c30-23-29(26-17-9-3-10-18-26,27-19-11-4-12-20-27)21-22-31-28(24-13-5-1-6-14-24)25-15-7-2-8-16-25/h1-20,28H,21-22H2. The summed E-state index contributed by atoms with van der Waals surface area (Å²) in [5, 5.41) is 10.4. The first-order valence-electron chi connectivity index (χ1n) is 10.6. The molecule has 0 aliphatic heterocycles. The minimum Gasteiger partial charge on any atom is -0.369 e. The topological polar surface area (TPSA) is 33.0 Å². The molecule has 0 aromatic heterocycles. The Labute approximate surface area is 184 Å². The van der Waals surface area contributed by atoms with Gasteiger partial charge < -0.3 is 4.74 Å². The molecular formula is C29H25NO. The molecular weight excluding hydrogens is 378 g/mol. The lowest BCUT2D eigenvalue weighted by Crippen LogP contribution is -2.28. The highest BCUT2D eigenvalue weighted by Gasteiger charge is 2.34. The molecule has 0 saturated carbocycles. The highest BCUT2D eigenvalue weighted by atomic mass is 16.5. The van der Waals surface area contributed by atoms with Crippen molar-refractivity contribution in [1.82, 2.24) is 0 Å². The van der Waals surface area contributed by atoms with E-state index in [9.17, 15) is 5.26 Å². The molecule has 0 atom stereocenters. The van der Waals surface area contributed by atoms with Gasteiger partial charge in [-0.1, -0.05) is 121 Å². The minimum absolute atomic E-state index is 0.176. The summed E-state index contributed by atoms with van der Waals surface area (Å²) in [6.45, 7) is 0.450. The van der Waals surface area contributed by atoms with Gasteiger partial charge in [-0.3, -0.25) is 0 Å². The quantitative estimate of drug-likeness (QED) is 0.328. The molecule has 0 amide bonds. The SMILES string of the molecule is N#CC(CCOC(c1ccccc1)c1ccccc1)(c1ccccc1)c1ccccc1. The Morgan fingerprint density at radius 1 is 0.613 bits per heavy atom. The number of nitrogens with zero attached hydrogens (tertiary/aromatic N) is 1. The maximum Gasteiger partial charge on any atom is 0.109 e. The summed E-state index contributed by atoms with van der Waals surface area (Å²) < 4.78 is 6.46. The van der Waals surface area contributed by atoms with Crippen LogP contribution in [0.5, 0.6) is 0 Å². The molecule has 0 bridgehead atoms. The third-order valence-corrected chi connectivity index (χ3v) is 5.69. The van der Waals surface area contributed by atoms with Crippen LogP contribution in [-0.2, 0) is 10.2 Å². The number of nitriles is 1. The molecule has 2 nitrogen and oxygen atoms in total. The van der Waals surface area contributed by atoms with Gasteiger partial charge in [0.25, 0.3) is 0 Å². The van der Waals surface area contributed by atoms with Gasteiger partial charge in [0.15, 0.2) is 0 Å². The third-order valence-electron chi connectivity index (χ3n) is 5.69. The summed E-state index contributed by atoms with van der Waals surface area (Å²) in [5.74, 6) is 0. The molecule has 0 radical (unpaired) electrons. The van der Waals surface area contributed by atoms with E-state index in [1.165, 1.54) is 0 Å². The largest absolute Gasteiger partial charge is 0.369 e. The van der Waals surface area contributed by atoms with E-state index in [1.54, 1.807) is 0 Å². The van der Waals surface area contributed by atoms with Crippen molar-refractivity contribution in [3.05, 3.63) is 144 Å². The van der Waals surface area contributed by atoms with E-state index in [-0.39, 0.29) is 6.10 Å². The van der Waals surface area contributed by atoms with Crippen LogP contribution >= 0.6 is 0 Å². The first kappa shape index (κ1) is 20.6. The number of hydrogen-bond acceptors (Lipinski definition) is 2. The van der Waals surface area contributed by atoms with Gasteiger partial charge in [-0.2, -0.15) is 5.26 Å². The van der Waals surface area contributed by atoms with Crippen molar-refractivity contribution in [2.45, 2.75) is 17.9 Å². The number of ether oxygens (including phenoxy) is 1. The summed E-state index contributed by atoms with van der Waals surface area (Å²) in [4.78, 5) is 0. The normalized spacial score (nSPS) is 11.2. The van der Waals surface area contributed by atoms with Crippen LogP contribution in [0.3, 0.4) is 0 Å². The van der Waals surface area contributed by atoms with Crippen molar-refractivity contribution in [1.29, 1.82) is 5.26 Å². The molecule has 0 N–H and O–H groups in total. The molecule has 0 heterocycles. The van der Waals surface area contributed by atoms with E-state index in [0.29, 0.717) is 13.0 Å². The Balaban J connectivity index is 1.63. The summed E-state index contributed by atoms with van der Waals surface area (Å²) in [6.07, 6.45) is 0.388. The average molecular weight is 404 g/mol. The summed E-state index contributed by atoms with van der Waals surface area (Å²) in [6, 6.07) is 43.1. The second kappa shape index (κ2) is 9.89. The zero-order chi connectivity index (χ0) is 21.4. The number of benzene rings is 4. The number of rotatable bonds is 8. The fourth-order valence-corrected chi connectivity index (χ4v) is 4.06. The molecule has 152 valence electrons. The fraction of sp³-hybridized carbons (Fsp3) is 0.138. The lowest BCUT2D eigenvalue weighted by molar-refractivity contribution is 0.0724. The van der Waals surface area contributed by atoms with Crippen LogP contribution in [0.15, 0.2) is 121 Å². The summed E-state index contributed by atoms with van der Waals surface area (Å²) in [7, 11) is 0. The van der Waals surface area contributed by atoms with Gasteiger partial charge in [0.1, 0.15) is 11.5 Å². The average Bonchev–Trinajstić information content (AvgIpc) is 2.87. The second-order valence-corrected chi connectivity index (χ2v) is 7.57. The Morgan fingerprint density at radius 2 is 1.00 bits per heavy atom. The predicted molar refractivity (Wildman–Crippen MR) is 125 cm³/mol. The lowest BCUT2D eigenvalue weighted by atomic mass is 9.73. The first-order valence-corrected chi connectivity index (χ1v) is 10.6. The van der Waals surface area contributed by atoms with Gasteiger partial charge in [-0.25, -0.2) is 0 Å². The smallest absolute Gasteiger partial charge is 0.109 e. The monoisotopic (exact) mass is 403 g/mol. The second-order valence-electron chi connectivity index (χ2n) is 7.57. The van der Waals surface area contributed by atoms with Crippen LogP contribution in [-0.4, -0.2) is 6.61 Å². The molecule has 0 aliphatic carbocycles. The molecule has 0 spiro atoms. The lowest BCUT2D eigenvalue weighted by Gasteiger charge is -2.29. The summed E-state index contributed by atoms with van der Waals surface area (Å²) >= 11 is 0. The molecule has 4 aromatic rings. The van der Waals surface area contributed by atoms with Crippen LogP contribution < -0.4 is 0 Å². The highest BCUT2D eigenvalue weighted by molar-refractivity contribution is 5.45. The minimum atomic E-state index is -0.763. The molecule has 0 aliphatic rings.